The summed E-state index contributed by atoms with van der Waals surface area (Å²) in [6.45, 7) is 12.4. The molecule has 0 radical (unpaired) electrons. The van der Waals surface area contributed by atoms with Crippen LogP contribution < -0.4 is 0 Å². The van der Waals surface area contributed by atoms with Crippen LogP contribution in [0.4, 0.5) is 18.4 Å². The molecule has 2 aromatic carbocycles. The average Bonchev–Trinajstić information content (AvgIpc) is 3.46. The molecule has 0 fully saturated rings. The SMILES string of the molecule is CC(C)(C)OC(=O)N1CC=C(c2ccc(-c3nnc(-c4ccc(C5=CCN(C(=O)OC(C)(C)C)CC5)c(F)c4)o3)cc2F)CC1. The van der Waals surface area contributed by atoms with Gasteiger partial charge >= 0.3 is 12.2 Å². The molecule has 9 nitrogen and oxygen atoms in total. The Kier molecular flexibility index (Phi) is 8.82. The van der Waals surface area contributed by atoms with Crippen molar-refractivity contribution >= 4 is 23.3 Å². The third-order valence-electron chi connectivity index (χ3n) is 7.27. The van der Waals surface area contributed by atoms with Gasteiger partial charge in [0.05, 0.1) is 0 Å². The zero-order valence-corrected chi connectivity index (χ0v) is 26.4. The lowest BCUT2D eigenvalue weighted by Crippen LogP contribution is -2.39. The van der Waals surface area contributed by atoms with Crippen molar-refractivity contribution in [2.75, 3.05) is 26.2 Å². The molecule has 0 atom stereocenters. The van der Waals surface area contributed by atoms with Crippen LogP contribution in [-0.4, -0.2) is 69.6 Å². The molecule has 5 rings (SSSR count). The summed E-state index contributed by atoms with van der Waals surface area (Å²) in [5.74, 6) is -0.701. The van der Waals surface area contributed by atoms with Crippen LogP contribution in [-0.2, 0) is 9.47 Å². The van der Waals surface area contributed by atoms with Crippen molar-refractivity contribution < 1.29 is 32.3 Å². The zero-order valence-electron chi connectivity index (χ0n) is 26.4. The van der Waals surface area contributed by atoms with Crippen molar-refractivity contribution in [3.05, 3.63) is 71.3 Å². The van der Waals surface area contributed by atoms with Gasteiger partial charge in [0, 0.05) is 48.4 Å². The average molecular weight is 621 g/mol. The smallest absolute Gasteiger partial charge is 0.410 e. The van der Waals surface area contributed by atoms with E-state index in [1.54, 1.807) is 34.1 Å². The predicted octanol–water partition coefficient (Wildman–Crippen LogP) is 7.73. The summed E-state index contributed by atoms with van der Waals surface area (Å²) in [4.78, 5) is 27.9. The fraction of sp³-hybridized carbons (Fsp3) is 0.412. The van der Waals surface area contributed by atoms with Crippen molar-refractivity contribution in [1.29, 1.82) is 0 Å². The van der Waals surface area contributed by atoms with Gasteiger partial charge in [-0.05, 0) is 89.8 Å². The maximum absolute atomic E-state index is 15.2. The van der Waals surface area contributed by atoms with Gasteiger partial charge in [-0.3, -0.25) is 0 Å². The third-order valence-corrected chi connectivity index (χ3v) is 7.27. The Labute approximate surface area is 261 Å². The van der Waals surface area contributed by atoms with Crippen molar-refractivity contribution in [1.82, 2.24) is 20.0 Å². The van der Waals surface area contributed by atoms with Crippen LogP contribution in [0.3, 0.4) is 0 Å². The van der Waals surface area contributed by atoms with Crippen molar-refractivity contribution in [3.8, 4) is 22.9 Å². The number of hydrogen-bond donors (Lipinski definition) is 0. The van der Waals surface area contributed by atoms with E-state index in [1.807, 2.05) is 53.7 Å². The fourth-order valence-electron chi connectivity index (χ4n) is 5.09. The molecule has 1 aromatic heterocycles. The minimum atomic E-state index is -0.587. The van der Waals surface area contributed by atoms with E-state index in [9.17, 15) is 9.59 Å². The van der Waals surface area contributed by atoms with E-state index >= 15 is 8.78 Å². The molecule has 2 aliphatic rings. The molecule has 0 saturated carbocycles. The van der Waals surface area contributed by atoms with Gasteiger partial charge in [-0.25, -0.2) is 18.4 Å². The molecule has 0 bridgehead atoms. The number of rotatable bonds is 4. The number of carbonyl (C=O) groups is 2. The minimum Gasteiger partial charge on any atom is -0.444 e. The standard InChI is InChI=1S/C34H38F2N4O5/c1-33(2,3)44-31(41)39-15-11-21(12-16-39)25-9-7-23(19-27(25)35)29-37-38-30(43-29)24-8-10-26(28(36)20-24)22-13-17-40(18-14-22)32(42)45-34(4,5)6/h7-11,13,19-20H,12,14-18H2,1-6H3. The fourth-order valence-corrected chi connectivity index (χ4v) is 5.09. The Balaban J connectivity index is 1.25. The van der Waals surface area contributed by atoms with Gasteiger partial charge in [0.15, 0.2) is 0 Å². The molecular weight excluding hydrogens is 582 g/mol. The second-order valence-corrected chi connectivity index (χ2v) is 13.1. The summed E-state index contributed by atoms with van der Waals surface area (Å²) >= 11 is 0. The highest BCUT2D eigenvalue weighted by Gasteiger charge is 2.26. The van der Waals surface area contributed by atoms with Crippen molar-refractivity contribution in [2.45, 2.75) is 65.6 Å². The quantitative estimate of drug-likeness (QED) is 0.294. The first kappa shape index (κ1) is 31.9. The normalized spacial score (nSPS) is 15.8. The van der Waals surface area contributed by atoms with Gasteiger partial charge in [0.25, 0.3) is 0 Å². The minimum absolute atomic E-state index is 0.103. The van der Waals surface area contributed by atoms with Crippen LogP contribution in [0.1, 0.15) is 65.5 Å². The molecule has 0 N–H and O–H groups in total. The molecule has 45 heavy (non-hydrogen) atoms. The summed E-state index contributed by atoms with van der Waals surface area (Å²) in [7, 11) is 0. The van der Waals surface area contributed by atoms with Crippen LogP contribution in [0.5, 0.6) is 0 Å². The molecule has 0 saturated heterocycles. The number of carbonyl (C=O) groups excluding carboxylic acids is 2. The number of hydrogen-bond acceptors (Lipinski definition) is 7. The van der Waals surface area contributed by atoms with E-state index in [1.165, 1.54) is 12.1 Å². The molecule has 2 amide bonds. The number of benzene rings is 2. The summed E-state index contributed by atoms with van der Waals surface area (Å²) < 4.78 is 47.1. The molecule has 238 valence electrons. The van der Waals surface area contributed by atoms with Crippen LogP contribution in [0, 0.1) is 11.6 Å². The van der Waals surface area contributed by atoms with Gasteiger partial charge in [0.2, 0.25) is 11.8 Å². The van der Waals surface area contributed by atoms with Gasteiger partial charge in [0.1, 0.15) is 22.8 Å². The number of nitrogens with zero attached hydrogens (tertiary/aromatic N) is 4. The first-order valence-corrected chi connectivity index (χ1v) is 14.9. The largest absolute Gasteiger partial charge is 0.444 e. The highest BCUT2D eigenvalue weighted by molar-refractivity contribution is 5.75. The van der Waals surface area contributed by atoms with Gasteiger partial charge in [-0.15, -0.1) is 10.2 Å². The summed E-state index contributed by atoms with van der Waals surface area (Å²) in [6, 6.07) is 9.34. The van der Waals surface area contributed by atoms with Gasteiger partial charge in [-0.2, -0.15) is 0 Å². The van der Waals surface area contributed by atoms with Crippen LogP contribution in [0.25, 0.3) is 34.1 Å². The Morgan fingerprint density at radius 3 is 1.42 bits per heavy atom. The Bertz CT molecular complexity index is 1550. The Morgan fingerprint density at radius 1 is 0.711 bits per heavy atom. The molecule has 0 aliphatic carbocycles. The van der Waals surface area contributed by atoms with E-state index < -0.39 is 35.0 Å². The number of ether oxygens (including phenoxy) is 2. The molecule has 0 unspecified atom stereocenters. The number of halogens is 2. The molecule has 0 spiro atoms. The lowest BCUT2D eigenvalue weighted by atomic mass is 9.97. The van der Waals surface area contributed by atoms with Crippen molar-refractivity contribution in [2.24, 2.45) is 0 Å². The summed E-state index contributed by atoms with van der Waals surface area (Å²) in [6.07, 6.45) is 3.84. The molecule has 2 aliphatic heterocycles. The van der Waals surface area contributed by atoms with Crippen LogP contribution in [0.15, 0.2) is 53.0 Å². The van der Waals surface area contributed by atoms with E-state index in [0.717, 1.165) is 11.1 Å². The first-order chi connectivity index (χ1) is 21.2. The third kappa shape index (κ3) is 7.76. The Hall–Kier alpha value is -4.54. The van der Waals surface area contributed by atoms with Crippen molar-refractivity contribution in [3.63, 3.8) is 0 Å². The van der Waals surface area contributed by atoms with Gasteiger partial charge < -0.3 is 23.7 Å². The summed E-state index contributed by atoms with van der Waals surface area (Å²) in [5, 5.41) is 8.11. The highest BCUT2D eigenvalue weighted by Crippen LogP contribution is 2.32. The molecule has 3 aromatic rings. The molecule has 3 heterocycles. The van der Waals surface area contributed by atoms with Gasteiger partial charge in [-0.1, -0.05) is 24.3 Å². The predicted molar refractivity (Wildman–Crippen MR) is 166 cm³/mol. The molecule has 11 heteroatoms. The van der Waals surface area contributed by atoms with E-state index in [-0.39, 0.29) is 11.8 Å². The monoisotopic (exact) mass is 620 g/mol. The Morgan fingerprint density at radius 2 is 1.11 bits per heavy atom. The summed E-state index contributed by atoms with van der Waals surface area (Å²) in [5.41, 5.74) is 2.07. The second kappa shape index (κ2) is 12.5. The van der Waals surface area contributed by atoms with Crippen LogP contribution in [0.2, 0.25) is 0 Å². The maximum Gasteiger partial charge on any atom is 0.410 e. The number of aromatic nitrogens is 2. The first-order valence-electron chi connectivity index (χ1n) is 14.9. The molecular formula is C34H38F2N4O5. The maximum atomic E-state index is 15.2. The number of amides is 2. The second-order valence-electron chi connectivity index (χ2n) is 13.1. The topological polar surface area (TPSA) is 98.0 Å². The van der Waals surface area contributed by atoms with E-state index in [2.05, 4.69) is 10.2 Å². The lowest BCUT2D eigenvalue weighted by Gasteiger charge is -2.29. The van der Waals surface area contributed by atoms with E-state index in [4.69, 9.17) is 13.9 Å². The zero-order chi connectivity index (χ0) is 32.5. The van der Waals surface area contributed by atoms with Crippen LogP contribution >= 0.6 is 0 Å². The highest BCUT2D eigenvalue weighted by atomic mass is 19.1. The van der Waals surface area contributed by atoms with E-state index in [0.29, 0.717) is 61.3 Å². The lowest BCUT2D eigenvalue weighted by molar-refractivity contribution is 0.0260.